The number of pyridine rings is 1. The third-order valence-corrected chi connectivity index (χ3v) is 2.86. The number of aromatic nitrogens is 3. The van der Waals surface area contributed by atoms with Crippen molar-refractivity contribution in [2.24, 2.45) is 0 Å². The predicted molar refractivity (Wildman–Crippen MR) is 54.1 cm³/mol. The van der Waals surface area contributed by atoms with Crippen LogP contribution in [0.2, 0.25) is 0 Å². The van der Waals surface area contributed by atoms with Gasteiger partial charge < -0.3 is 5.32 Å². The zero-order valence-electron chi connectivity index (χ0n) is 7.83. The third kappa shape index (κ3) is 1.11. The number of aromatic amines is 1. The Bertz CT molecular complexity index is 442. The Morgan fingerprint density at radius 1 is 1.43 bits per heavy atom. The van der Waals surface area contributed by atoms with Gasteiger partial charge in [-0.3, -0.25) is 10.1 Å². The SMILES string of the molecule is c1cc2c(C3CCNC3)[nH]nc2cn1. The van der Waals surface area contributed by atoms with Gasteiger partial charge in [-0.1, -0.05) is 0 Å². The molecular weight excluding hydrogens is 176 g/mol. The first-order valence-electron chi connectivity index (χ1n) is 4.94. The van der Waals surface area contributed by atoms with Gasteiger partial charge in [0.1, 0.15) is 5.52 Å². The van der Waals surface area contributed by atoms with Gasteiger partial charge in [0, 0.05) is 29.7 Å². The van der Waals surface area contributed by atoms with Gasteiger partial charge in [0.05, 0.1) is 6.20 Å². The molecule has 1 fully saturated rings. The summed E-state index contributed by atoms with van der Waals surface area (Å²) >= 11 is 0. The summed E-state index contributed by atoms with van der Waals surface area (Å²) in [5, 5.41) is 12.0. The van der Waals surface area contributed by atoms with Gasteiger partial charge >= 0.3 is 0 Å². The largest absolute Gasteiger partial charge is 0.316 e. The van der Waals surface area contributed by atoms with Gasteiger partial charge in [-0.05, 0) is 19.0 Å². The number of hydrogen-bond acceptors (Lipinski definition) is 3. The summed E-state index contributed by atoms with van der Waals surface area (Å²) in [6.45, 7) is 2.16. The normalized spacial score (nSPS) is 21.9. The van der Waals surface area contributed by atoms with Crippen molar-refractivity contribution in [3.8, 4) is 0 Å². The standard InChI is InChI=1S/C10H12N4/c1-3-11-5-7(1)10-8-2-4-12-6-9(8)13-14-10/h2,4,6-7,11H,1,3,5H2,(H,13,14). The highest BCUT2D eigenvalue weighted by Gasteiger charge is 2.20. The fourth-order valence-corrected chi connectivity index (χ4v) is 2.10. The molecule has 1 atom stereocenters. The summed E-state index contributed by atoms with van der Waals surface area (Å²) in [4.78, 5) is 4.05. The van der Waals surface area contributed by atoms with Crippen LogP contribution in [0.3, 0.4) is 0 Å². The van der Waals surface area contributed by atoms with Crippen LogP contribution in [0.5, 0.6) is 0 Å². The van der Waals surface area contributed by atoms with Crippen molar-refractivity contribution < 1.29 is 0 Å². The number of fused-ring (bicyclic) bond motifs is 1. The molecule has 4 nitrogen and oxygen atoms in total. The molecule has 3 heterocycles. The highest BCUT2D eigenvalue weighted by Crippen LogP contribution is 2.26. The van der Waals surface area contributed by atoms with E-state index in [1.54, 1.807) is 6.20 Å². The van der Waals surface area contributed by atoms with Crippen molar-refractivity contribution in [3.63, 3.8) is 0 Å². The molecule has 2 aromatic rings. The lowest BCUT2D eigenvalue weighted by Gasteiger charge is -2.04. The minimum Gasteiger partial charge on any atom is -0.316 e. The molecule has 2 aromatic heterocycles. The van der Waals surface area contributed by atoms with Gasteiger partial charge in [-0.15, -0.1) is 0 Å². The molecule has 14 heavy (non-hydrogen) atoms. The average Bonchev–Trinajstić information content (AvgIpc) is 2.85. The van der Waals surface area contributed by atoms with Crippen LogP contribution in [-0.2, 0) is 0 Å². The monoisotopic (exact) mass is 188 g/mol. The molecule has 1 unspecified atom stereocenters. The lowest BCUT2D eigenvalue weighted by atomic mass is 10.0. The van der Waals surface area contributed by atoms with Crippen molar-refractivity contribution in [2.75, 3.05) is 13.1 Å². The maximum Gasteiger partial charge on any atom is 0.111 e. The van der Waals surface area contributed by atoms with Crippen LogP contribution in [0, 0.1) is 0 Å². The fourth-order valence-electron chi connectivity index (χ4n) is 2.10. The number of nitrogens with zero attached hydrogens (tertiary/aromatic N) is 2. The number of nitrogens with one attached hydrogen (secondary N) is 2. The fraction of sp³-hybridized carbons (Fsp3) is 0.400. The Balaban J connectivity index is 2.11. The molecule has 0 saturated carbocycles. The lowest BCUT2D eigenvalue weighted by Crippen LogP contribution is -2.08. The molecule has 1 aliphatic heterocycles. The van der Waals surface area contributed by atoms with E-state index in [2.05, 4.69) is 20.5 Å². The molecule has 1 saturated heterocycles. The van der Waals surface area contributed by atoms with E-state index in [1.165, 1.54) is 17.5 Å². The van der Waals surface area contributed by atoms with E-state index in [9.17, 15) is 0 Å². The summed E-state index contributed by atoms with van der Waals surface area (Å²) in [6.07, 6.45) is 4.82. The summed E-state index contributed by atoms with van der Waals surface area (Å²) in [5.41, 5.74) is 2.22. The molecular formula is C10H12N4. The molecule has 1 aliphatic rings. The van der Waals surface area contributed by atoms with Gasteiger partial charge in [0.2, 0.25) is 0 Å². The number of H-pyrrole nitrogens is 1. The zero-order chi connectivity index (χ0) is 9.38. The molecule has 72 valence electrons. The van der Waals surface area contributed by atoms with Crippen molar-refractivity contribution in [2.45, 2.75) is 12.3 Å². The molecule has 3 rings (SSSR count). The second kappa shape index (κ2) is 3.06. The van der Waals surface area contributed by atoms with Crippen LogP contribution >= 0.6 is 0 Å². The van der Waals surface area contributed by atoms with Crippen LogP contribution in [0.15, 0.2) is 18.5 Å². The molecule has 0 aromatic carbocycles. The summed E-state index contributed by atoms with van der Waals surface area (Å²) in [5.74, 6) is 0.586. The van der Waals surface area contributed by atoms with Crippen molar-refractivity contribution in [1.82, 2.24) is 20.5 Å². The molecule has 0 amide bonds. The first-order chi connectivity index (χ1) is 6.95. The van der Waals surface area contributed by atoms with Crippen LogP contribution < -0.4 is 5.32 Å². The van der Waals surface area contributed by atoms with Gasteiger partial charge in [0.15, 0.2) is 0 Å². The van der Waals surface area contributed by atoms with E-state index in [0.29, 0.717) is 5.92 Å². The molecule has 0 bridgehead atoms. The highest BCUT2D eigenvalue weighted by atomic mass is 15.1. The molecule has 0 spiro atoms. The Morgan fingerprint density at radius 2 is 2.43 bits per heavy atom. The topological polar surface area (TPSA) is 53.6 Å². The second-order valence-electron chi connectivity index (χ2n) is 3.72. The van der Waals surface area contributed by atoms with Crippen molar-refractivity contribution in [3.05, 3.63) is 24.2 Å². The smallest absolute Gasteiger partial charge is 0.111 e. The number of hydrogen-bond donors (Lipinski definition) is 2. The van der Waals surface area contributed by atoms with Gasteiger partial charge in [-0.2, -0.15) is 5.10 Å². The van der Waals surface area contributed by atoms with E-state index in [1.807, 2.05) is 12.3 Å². The lowest BCUT2D eigenvalue weighted by molar-refractivity contribution is 0.734. The number of rotatable bonds is 1. The molecule has 0 aliphatic carbocycles. The van der Waals surface area contributed by atoms with E-state index >= 15 is 0 Å². The molecule has 2 N–H and O–H groups in total. The summed E-state index contributed by atoms with van der Waals surface area (Å²) < 4.78 is 0. The second-order valence-corrected chi connectivity index (χ2v) is 3.72. The van der Waals surface area contributed by atoms with Crippen molar-refractivity contribution >= 4 is 10.9 Å². The maximum absolute atomic E-state index is 4.25. The predicted octanol–water partition coefficient (Wildman–Crippen LogP) is 1.03. The highest BCUT2D eigenvalue weighted by molar-refractivity contribution is 5.80. The van der Waals surface area contributed by atoms with Gasteiger partial charge in [-0.25, -0.2) is 0 Å². The third-order valence-electron chi connectivity index (χ3n) is 2.86. The summed E-state index contributed by atoms with van der Waals surface area (Å²) in [7, 11) is 0. The van der Waals surface area contributed by atoms with E-state index < -0.39 is 0 Å². The van der Waals surface area contributed by atoms with E-state index in [-0.39, 0.29) is 0 Å². The Hall–Kier alpha value is -1.42. The van der Waals surface area contributed by atoms with Gasteiger partial charge in [0.25, 0.3) is 0 Å². The Labute approximate surface area is 81.7 Å². The average molecular weight is 188 g/mol. The molecule has 0 radical (unpaired) electrons. The summed E-state index contributed by atoms with van der Waals surface area (Å²) in [6, 6.07) is 2.03. The minimum atomic E-state index is 0.586. The van der Waals surface area contributed by atoms with Crippen LogP contribution in [-0.4, -0.2) is 28.3 Å². The Morgan fingerprint density at radius 3 is 3.29 bits per heavy atom. The quantitative estimate of drug-likeness (QED) is 0.703. The van der Waals surface area contributed by atoms with Crippen LogP contribution in [0.4, 0.5) is 0 Å². The van der Waals surface area contributed by atoms with Crippen LogP contribution in [0.1, 0.15) is 18.0 Å². The van der Waals surface area contributed by atoms with E-state index in [0.717, 1.165) is 18.6 Å². The molecule has 4 heteroatoms. The van der Waals surface area contributed by atoms with E-state index in [4.69, 9.17) is 0 Å². The maximum atomic E-state index is 4.25. The zero-order valence-corrected chi connectivity index (χ0v) is 7.83. The minimum absolute atomic E-state index is 0.586. The first kappa shape index (κ1) is 7.94. The van der Waals surface area contributed by atoms with Crippen molar-refractivity contribution in [1.29, 1.82) is 0 Å². The first-order valence-corrected chi connectivity index (χ1v) is 4.94. The van der Waals surface area contributed by atoms with Crippen LogP contribution in [0.25, 0.3) is 10.9 Å². The Kier molecular flexibility index (Phi) is 1.73.